The molecule has 148 valence electrons. The number of hydrogen-bond acceptors (Lipinski definition) is 4. The summed E-state index contributed by atoms with van der Waals surface area (Å²) in [4.78, 5) is 31.1. The lowest BCUT2D eigenvalue weighted by molar-refractivity contribution is -0.121. The zero-order valence-electron chi connectivity index (χ0n) is 16.3. The fourth-order valence-electron chi connectivity index (χ4n) is 3.48. The molecule has 0 aliphatic carbocycles. The van der Waals surface area contributed by atoms with Crippen LogP contribution >= 0.6 is 11.8 Å². The number of aryl methyl sites for hydroxylation is 1. The summed E-state index contributed by atoms with van der Waals surface area (Å²) >= 11 is 1.50. The van der Waals surface area contributed by atoms with E-state index in [0.717, 1.165) is 37.4 Å². The van der Waals surface area contributed by atoms with Crippen molar-refractivity contribution in [1.82, 2.24) is 15.2 Å². The third-order valence-corrected chi connectivity index (χ3v) is 5.88. The number of rotatable bonds is 7. The molecular formula is C22H27N3O2S. The first-order valence-corrected chi connectivity index (χ1v) is 11.0. The van der Waals surface area contributed by atoms with Gasteiger partial charge in [-0.15, -0.1) is 11.8 Å². The molecule has 0 unspecified atom stereocenters. The van der Waals surface area contributed by atoms with E-state index in [4.69, 9.17) is 0 Å². The highest BCUT2D eigenvalue weighted by Gasteiger charge is 2.25. The van der Waals surface area contributed by atoms with Crippen LogP contribution in [0, 0.1) is 5.92 Å². The maximum atomic E-state index is 12.8. The van der Waals surface area contributed by atoms with Crippen molar-refractivity contribution in [2.75, 3.05) is 25.9 Å². The van der Waals surface area contributed by atoms with Gasteiger partial charge in [0.05, 0.1) is 5.56 Å². The summed E-state index contributed by atoms with van der Waals surface area (Å²) in [7, 11) is 0. The second-order valence-corrected chi connectivity index (χ2v) is 7.88. The Kier molecular flexibility index (Phi) is 7.48. The number of pyridine rings is 1. The summed E-state index contributed by atoms with van der Waals surface area (Å²) in [5.41, 5.74) is 1.87. The molecule has 1 aromatic heterocycles. The Hall–Kier alpha value is -2.34. The molecule has 5 nitrogen and oxygen atoms in total. The zero-order chi connectivity index (χ0) is 19.8. The van der Waals surface area contributed by atoms with Crippen LogP contribution in [0.2, 0.25) is 0 Å². The van der Waals surface area contributed by atoms with Crippen LogP contribution in [0.1, 0.15) is 35.2 Å². The van der Waals surface area contributed by atoms with Gasteiger partial charge in [-0.3, -0.25) is 9.59 Å². The van der Waals surface area contributed by atoms with Crippen LogP contribution in [0.3, 0.4) is 0 Å². The summed E-state index contributed by atoms with van der Waals surface area (Å²) in [6.45, 7) is 2.15. The Morgan fingerprint density at radius 2 is 1.89 bits per heavy atom. The molecule has 2 heterocycles. The number of amides is 2. The van der Waals surface area contributed by atoms with Gasteiger partial charge in [0, 0.05) is 32.3 Å². The van der Waals surface area contributed by atoms with Crippen LogP contribution in [0.15, 0.2) is 53.7 Å². The smallest absolute Gasteiger partial charge is 0.256 e. The van der Waals surface area contributed by atoms with Gasteiger partial charge in [-0.25, -0.2) is 4.98 Å². The number of nitrogens with one attached hydrogen (secondary N) is 1. The molecule has 1 saturated heterocycles. The third kappa shape index (κ3) is 5.58. The highest BCUT2D eigenvalue weighted by Crippen LogP contribution is 2.22. The van der Waals surface area contributed by atoms with Crippen LogP contribution in [-0.4, -0.2) is 47.6 Å². The molecule has 2 aromatic rings. The van der Waals surface area contributed by atoms with E-state index >= 15 is 0 Å². The minimum Gasteiger partial charge on any atom is -0.356 e. The lowest BCUT2D eigenvalue weighted by Gasteiger charge is -2.32. The van der Waals surface area contributed by atoms with Crippen LogP contribution in [0.4, 0.5) is 0 Å². The van der Waals surface area contributed by atoms with Gasteiger partial charge >= 0.3 is 0 Å². The molecular weight excluding hydrogens is 370 g/mol. The topological polar surface area (TPSA) is 62.3 Å². The predicted molar refractivity (Wildman–Crippen MR) is 112 cm³/mol. The molecule has 1 N–H and O–H groups in total. The van der Waals surface area contributed by atoms with E-state index in [-0.39, 0.29) is 11.8 Å². The largest absolute Gasteiger partial charge is 0.356 e. The molecule has 2 amide bonds. The van der Waals surface area contributed by atoms with Crippen LogP contribution in [0.5, 0.6) is 0 Å². The van der Waals surface area contributed by atoms with E-state index in [2.05, 4.69) is 10.3 Å². The number of nitrogens with zero attached hydrogens (tertiary/aromatic N) is 2. The highest BCUT2D eigenvalue weighted by molar-refractivity contribution is 7.98. The molecule has 6 heteroatoms. The van der Waals surface area contributed by atoms with Gasteiger partial charge in [0.2, 0.25) is 5.91 Å². The molecule has 1 aliphatic rings. The molecule has 0 spiro atoms. The Bertz CT molecular complexity index is 789. The highest BCUT2D eigenvalue weighted by atomic mass is 32.2. The SMILES string of the molecule is CSc1ncccc1C(=O)N1CCC(CNC(=O)CCc2ccccc2)CC1. The monoisotopic (exact) mass is 397 g/mol. The van der Waals surface area contributed by atoms with Crippen molar-refractivity contribution in [3.05, 3.63) is 59.8 Å². The van der Waals surface area contributed by atoms with E-state index < -0.39 is 0 Å². The number of carbonyl (C=O) groups is 2. The van der Waals surface area contributed by atoms with Crippen molar-refractivity contribution in [3.8, 4) is 0 Å². The van der Waals surface area contributed by atoms with E-state index in [0.29, 0.717) is 24.4 Å². The van der Waals surface area contributed by atoms with Gasteiger partial charge in [0.25, 0.3) is 5.91 Å². The van der Waals surface area contributed by atoms with Gasteiger partial charge in [-0.2, -0.15) is 0 Å². The van der Waals surface area contributed by atoms with Crippen molar-refractivity contribution in [1.29, 1.82) is 0 Å². The van der Waals surface area contributed by atoms with Crippen LogP contribution < -0.4 is 5.32 Å². The first-order valence-electron chi connectivity index (χ1n) is 9.76. The van der Waals surface area contributed by atoms with Gasteiger partial charge in [0.1, 0.15) is 5.03 Å². The maximum absolute atomic E-state index is 12.8. The number of piperidine rings is 1. The fraction of sp³-hybridized carbons (Fsp3) is 0.409. The summed E-state index contributed by atoms with van der Waals surface area (Å²) < 4.78 is 0. The van der Waals surface area contributed by atoms with Gasteiger partial charge in [0.15, 0.2) is 0 Å². The van der Waals surface area contributed by atoms with Crippen LogP contribution in [-0.2, 0) is 11.2 Å². The summed E-state index contributed by atoms with van der Waals surface area (Å²) in [5.74, 6) is 0.587. The number of aromatic nitrogens is 1. The molecule has 0 atom stereocenters. The van der Waals surface area contributed by atoms with Crippen molar-refractivity contribution in [3.63, 3.8) is 0 Å². The van der Waals surface area contributed by atoms with Crippen molar-refractivity contribution in [2.24, 2.45) is 5.92 Å². The molecule has 0 bridgehead atoms. The number of hydrogen-bond donors (Lipinski definition) is 1. The Balaban J connectivity index is 1.40. The molecule has 0 radical (unpaired) electrons. The lowest BCUT2D eigenvalue weighted by atomic mass is 9.96. The third-order valence-electron chi connectivity index (χ3n) is 5.17. The van der Waals surface area contributed by atoms with Crippen LogP contribution in [0.25, 0.3) is 0 Å². The molecule has 1 aliphatic heterocycles. The molecule has 0 saturated carbocycles. The van der Waals surface area contributed by atoms with E-state index in [1.807, 2.05) is 53.6 Å². The quantitative estimate of drug-likeness (QED) is 0.728. The molecule has 1 fully saturated rings. The first-order chi connectivity index (χ1) is 13.7. The Morgan fingerprint density at radius 1 is 1.14 bits per heavy atom. The van der Waals surface area contributed by atoms with E-state index in [1.165, 1.54) is 17.3 Å². The number of thioether (sulfide) groups is 1. The minimum atomic E-state index is 0.0581. The van der Waals surface area contributed by atoms with E-state index in [1.54, 1.807) is 6.20 Å². The standard InChI is InChI=1S/C22H27N3O2S/c1-28-21-19(8-5-13-23-21)22(27)25-14-11-18(12-15-25)16-24-20(26)10-9-17-6-3-2-4-7-17/h2-8,13,18H,9-12,14-16H2,1H3,(H,24,26). The average molecular weight is 398 g/mol. The summed E-state index contributed by atoms with van der Waals surface area (Å²) in [6.07, 6.45) is 6.77. The summed E-state index contributed by atoms with van der Waals surface area (Å²) in [6, 6.07) is 13.7. The van der Waals surface area contributed by atoms with Gasteiger partial charge in [-0.1, -0.05) is 30.3 Å². The second kappa shape index (κ2) is 10.3. The lowest BCUT2D eigenvalue weighted by Crippen LogP contribution is -2.41. The summed E-state index contributed by atoms with van der Waals surface area (Å²) in [5, 5.41) is 3.84. The normalized spacial score (nSPS) is 14.7. The van der Waals surface area contributed by atoms with E-state index in [9.17, 15) is 9.59 Å². The fourth-order valence-corrected chi connectivity index (χ4v) is 4.02. The number of carbonyl (C=O) groups excluding carboxylic acids is 2. The predicted octanol–water partition coefficient (Wildman–Crippen LogP) is 3.40. The Morgan fingerprint density at radius 3 is 2.61 bits per heavy atom. The molecule has 1 aromatic carbocycles. The second-order valence-electron chi connectivity index (χ2n) is 7.09. The number of benzene rings is 1. The zero-order valence-corrected chi connectivity index (χ0v) is 17.1. The molecule has 28 heavy (non-hydrogen) atoms. The first kappa shape index (κ1) is 20.4. The number of likely N-dealkylation sites (tertiary alicyclic amines) is 1. The van der Waals surface area contributed by atoms with Crippen molar-refractivity contribution >= 4 is 23.6 Å². The maximum Gasteiger partial charge on any atom is 0.256 e. The van der Waals surface area contributed by atoms with Gasteiger partial charge in [-0.05, 0) is 49.1 Å². The van der Waals surface area contributed by atoms with Crippen molar-refractivity contribution in [2.45, 2.75) is 30.7 Å². The minimum absolute atomic E-state index is 0.0581. The average Bonchev–Trinajstić information content (AvgIpc) is 2.76. The Labute approximate surface area is 170 Å². The van der Waals surface area contributed by atoms with Crippen molar-refractivity contribution < 1.29 is 9.59 Å². The van der Waals surface area contributed by atoms with Gasteiger partial charge < -0.3 is 10.2 Å². The molecule has 3 rings (SSSR count).